The molecule has 0 spiro atoms. The van der Waals surface area contributed by atoms with Crippen molar-refractivity contribution >= 4 is 5.91 Å². The zero-order valence-electron chi connectivity index (χ0n) is 17.9. The molecule has 1 aliphatic heterocycles. The van der Waals surface area contributed by atoms with Crippen molar-refractivity contribution in [2.24, 2.45) is 0 Å². The van der Waals surface area contributed by atoms with Gasteiger partial charge in [-0.3, -0.25) is 14.8 Å². The Hall–Kier alpha value is -4.00. The van der Waals surface area contributed by atoms with E-state index < -0.39 is 0 Å². The number of amides is 1. The normalized spacial score (nSPS) is 15.9. The van der Waals surface area contributed by atoms with Crippen molar-refractivity contribution in [3.05, 3.63) is 96.6 Å². The fourth-order valence-corrected chi connectivity index (χ4v) is 4.26. The first kappa shape index (κ1) is 20.9. The van der Waals surface area contributed by atoms with Crippen molar-refractivity contribution in [1.82, 2.24) is 24.8 Å². The number of nitrogens with zero attached hydrogens (tertiary/aromatic N) is 5. The monoisotopic (exact) mass is 439 g/mol. The minimum absolute atomic E-state index is 0.0508. The van der Waals surface area contributed by atoms with Crippen LogP contribution in [0.25, 0.3) is 22.5 Å². The van der Waals surface area contributed by atoms with E-state index in [1.807, 2.05) is 35.4 Å². The average Bonchev–Trinajstić information content (AvgIpc) is 2.89. The predicted octanol–water partition coefficient (Wildman–Crippen LogP) is 4.76. The number of hydrogen-bond donors (Lipinski definition) is 0. The number of pyridine rings is 2. The van der Waals surface area contributed by atoms with Gasteiger partial charge in [0.1, 0.15) is 5.82 Å². The maximum Gasteiger partial charge on any atom is 0.253 e. The standard InChI is InChI=1S/C26H22FN5O/c27-22-5-3-20(4-6-22)26(33)32-15-1-2-21(17-32)24-23(18-7-11-28-12-8-18)16-30-25(31-24)19-9-13-29-14-10-19/h3-14,16,21H,1-2,15,17H2/t21-/m1/s1. The van der Waals surface area contributed by atoms with Crippen molar-refractivity contribution in [3.8, 4) is 22.5 Å². The molecule has 1 aliphatic rings. The molecule has 0 aliphatic carbocycles. The number of halogens is 1. The summed E-state index contributed by atoms with van der Waals surface area (Å²) in [6, 6.07) is 13.4. The van der Waals surface area contributed by atoms with Crippen LogP contribution < -0.4 is 0 Å². The van der Waals surface area contributed by atoms with Gasteiger partial charge in [0, 0.05) is 66.7 Å². The molecular weight excluding hydrogens is 417 g/mol. The van der Waals surface area contributed by atoms with Crippen LogP contribution >= 0.6 is 0 Å². The lowest BCUT2D eigenvalue weighted by Gasteiger charge is -2.33. The van der Waals surface area contributed by atoms with Crippen LogP contribution in [0, 0.1) is 5.82 Å². The number of rotatable bonds is 4. The van der Waals surface area contributed by atoms with E-state index in [1.165, 1.54) is 24.3 Å². The molecule has 4 heterocycles. The van der Waals surface area contributed by atoms with E-state index in [9.17, 15) is 9.18 Å². The molecule has 5 rings (SSSR count). The third-order valence-electron chi connectivity index (χ3n) is 5.93. The summed E-state index contributed by atoms with van der Waals surface area (Å²) < 4.78 is 13.3. The largest absolute Gasteiger partial charge is 0.338 e. The average molecular weight is 439 g/mol. The number of hydrogen-bond acceptors (Lipinski definition) is 5. The van der Waals surface area contributed by atoms with Crippen molar-refractivity contribution in [2.75, 3.05) is 13.1 Å². The second kappa shape index (κ2) is 9.24. The van der Waals surface area contributed by atoms with Gasteiger partial charge in [-0.05, 0) is 66.9 Å². The van der Waals surface area contributed by atoms with Crippen LogP contribution in [0.4, 0.5) is 4.39 Å². The van der Waals surface area contributed by atoms with E-state index in [2.05, 4.69) is 15.0 Å². The van der Waals surface area contributed by atoms with Gasteiger partial charge in [0.25, 0.3) is 5.91 Å². The van der Waals surface area contributed by atoms with Gasteiger partial charge < -0.3 is 4.90 Å². The Labute approximate surface area is 191 Å². The summed E-state index contributed by atoms with van der Waals surface area (Å²) in [5.41, 5.74) is 4.23. The number of benzene rings is 1. The molecule has 1 saturated heterocycles. The maximum absolute atomic E-state index is 13.3. The second-order valence-corrected chi connectivity index (χ2v) is 8.06. The van der Waals surface area contributed by atoms with Gasteiger partial charge in [-0.15, -0.1) is 0 Å². The minimum Gasteiger partial charge on any atom is -0.338 e. The van der Waals surface area contributed by atoms with Gasteiger partial charge in [0.2, 0.25) is 0 Å². The zero-order valence-corrected chi connectivity index (χ0v) is 17.9. The third-order valence-corrected chi connectivity index (χ3v) is 5.93. The molecule has 1 atom stereocenters. The van der Waals surface area contributed by atoms with Crippen molar-refractivity contribution in [3.63, 3.8) is 0 Å². The van der Waals surface area contributed by atoms with E-state index in [4.69, 9.17) is 4.98 Å². The summed E-state index contributed by atoms with van der Waals surface area (Å²) in [4.78, 5) is 32.7. The lowest BCUT2D eigenvalue weighted by Crippen LogP contribution is -2.39. The molecule has 1 fully saturated rings. The number of aromatic nitrogens is 4. The molecule has 0 saturated carbocycles. The van der Waals surface area contributed by atoms with Crippen molar-refractivity contribution in [2.45, 2.75) is 18.8 Å². The van der Waals surface area contributed by atoms with E-state index in [0.29, 0.717) is 24.5 Å². The Balaban J connectivity index is 1.50. The van der Waals surface area contributed by atoms with Crippen LogP contribution in [0.5, 0.6) is 0 Å². The van der Waals surface area contributed by atoms with Crippen molar-refractivity contribution < 1.29 is 9.18 Å². The molecule has 1 amide bonds. The summed E-state index contributed by atoms with van der Waals surface area (Å²) >= 11 is 0. The minimum atomic E-state index is -0.352. The SMILES string of the molecule is O=C(c1ccc(F)cc1)N1CCC[C@@H](c2nc(-c3ccncc3)ncc2-c2ccncc2)C1. The molecule has 0 unspecified atom stereocenters. The third kappa shape index (κ3) is 4.48. The highest BCUT2D eigenvalue weighted by Crippen LogP contribution is 2.34. The summed E-state index contributed by atoms with van der Waals surface area (Å²) in [5, 5.41) is 0. The zero-order chi connectivity index (χ0) is 22.6. The Morgan fingerprint density at radius 3 is 2.27 bits per heavy atom. The summed E-state index contributed by atoms with van der Waals surface area (Å²) in [5.74, 6) is 0.241. The summed E-state index contributed by atoms with van der Waals surface area (Å²) in [6.45, 7) is 1.21. The number of carbonyl (C=O) groups is 1. The molecule has 6 nitrogen and oxygen atoms in total. The lowest BCUT2D eigenvalue weighted by atomic mass is 9.89. The van der Waals surface area contributed by atoms with Gasteiger partial charge in [-0.2, -0.15) is 0 Å². The highest BCUT2D eigenvalue weighted by molar-refractivity contribution is 5.94. The predicted molar refractivity (Wildman–Crippen MR) is 123 cm³/mol. The molecule has 0 N–H and O–H groups in total. The summed E-state index contributed by atoms with van der Waals surface area (Å²) in [7, 11) is 0. The Morgan fingerprint density at radius 2 is 1.58 bits per heavy atom. The molecule has 4 aromatic rings. The van der Waals surface area contributed by atoms with E-state index >= 15 is 0 Å². The molecule has 1 aromatic carbocycles. The van der Waals surface area contributed by atoms with E-state index in [1.54, 1.807) is 24.8 Å². The fourth-order valence-electron chi connectivity index (χ4n) is 4.26. The first-order valence-electron chi connectivity index (χ1n) is 10.9. The van der Waals surface area contributed by atoms with Gasteiger partial charge in [-0.1, -0.05) is 0 Å². The fraction of sp³-hybridized carbons (Fsp3) is 0.192. The van der Waals surface area contributed by atoms with E-state index in [-0.39, 0.29) is 17.6 Å². The van der Waals surface area contributed by atoms with Crippen molar-refractivity contribution in [1.29, 1.82) is 0 Å². The topological polar surface area (TPSA) is 71.9 Å². The van der Waals surface area contributed by atoms with Gasteiger partial charge in [-0.25, -0.2) is 14.4 Å². The lowest BCUT2D eigenvalue weighted by molar-refractivity contribution is 0.0706. The van der Waals surface area contributed by atoms with Crippen LogP contribution in [0.1, 0.15) is 34.8 Å². The molecule has 0 radical (unpaired) electrons. The van der Waals surface area contributed by atoms with Crippen LogP contribution in [0.15, 0.2) is 79.5 Å². The quantitative estimate of drug-likeness (QED) is 0.459. The number of piperidine rings is 1. The molecule has 164 valence electrons. The number of likely N-dealkylation sites (tertiary alicyclic amines) is 1. The molecule has 0 bridgehead atoms. The van der Waals surface area contributed by atoms with Gasteiger partial charge >= 0.3 is 0 Å². The Kier molecular flexibility index (Phi) is 5.85. The highest BCUT2D eigenvalue weighted by atomic mass is 19.1. The second-order valence-electron chi connectivity index (χ2n) is 8.06. The Morgan fingerprint density at radius 1 is 0.909 bits per heavy atom. The molecule has 33 heavy (non-hydrogen) atoms. The van der Waals surface area contributed by atoms with Gasteiger partial charge in [0.15, 0.2) is 5.82 Å². The molecular formula is C26H22FN5O. The van der Waals surface area contributed by atoms with Crippen LogP contribution in [0.3, 0.4) is 0 Å². The Bertz CT molecular complexity index is 1250. The van der Waals surface area contributed by atoms with E-state index in [0.717, 1.165) is 35.2 Å². The first-order valence-corrected chi connectivity index (χ1v) is 10.9. The van der Waals surface area contributed by atoms with Crippen LogP contribution in [0.2, 0.25) is 0 Å². The smallest absolute Gasteiger partial charge is 0.253 e. The molecule has 7 heteroatoms. The first-order chi connectivity index (χ1) is 16.2. The van der Waals surface area contributed by atoms with Gasteiger partial charge in [0.05, 0.1) is 5.69 Å². The number of carbonyl (C=O) groups excluding carboxylic acids is 1. The van der Waals surface area contributed by atoms with Crippen LogP contribution in [-0.4, -0.2) is 43.8 Å². The van der Waals surface area contributed by atoms with Crippen LogP contribution in [-0.2, 0) is 0 Å². The molecule has 3 aromatic heterocycles. The summed E-state index contributed by atoms with van der Waals surface area (Å²) in [6.07, 6.45) is 10.6. The maximum atomic E-state index is 13.3. The highest BCUT2D eigenvalue weighted by Gasteiger charge is 2.29.